The Morgan fingerprint density at radius 3 is 2.18 bits per heavy atom. The van der Waals surface area contributed by atoms with Crippen molar-refractivity contribution < 1.29 is 0 Å². The van der Waals surface area contributed by atoms with Crippen molar-refractivity contribution >= 4 is 23.6 Å². The van der Waals surface area contributed by atoms with Crippen LogP contribution in [0.25, 0.3) is 32.5 Å². The van der Waals surface area contributed by atoms with Crippen LogP contribution >= 0.6 is 7.53 Å². The molecular weight excluding hydrogens is 355 g/mol. The molecule has 0 nitrogen and oxygen atoms in total. The molecule has 1 atom stereocenters. The maximum Gasteiger partial charge on any atom is 0.0174 e. The standard InChI is InChI=1S/C27H26P/c1-5-18-17-20-13-16-23-24(19-11-14-21(15-12-19)27(2,3)4)25(20)26(18)28(23)22-9-7-6-8-10-22/h6-17H,5H2,1-4H3. The van der Waals surface area contributed by atoms with Gasteiger partial charge < -0.3 is 0 Å². The van der Waals surface area contributed by atoms with Crippen LogP contribution in [0.5, 0.6) is 0 Å². The third-order valence-electron chi connectivity index (χ3n) is 5.99. The molecule has 0 amide bonds. The molecule has 0 N–H and O–H groups in total. The number of fused-ring (bicyclic) bond motifs is 1. The molecule has 0 saturated carbocycles. The van der Waals surface area contributed by atoms with Gasteiger partial charge in [0.1, 0.15) is 0 Å². The lowest BCUT2D eigenvalue weighted by molar-refractivity contribution is 0.590. The zero-order valence-corrected chi connectivity index (χ0v) is 18.0. The molecule has 1 unspecified atom stereocenters. The van der Waals surface area contributed by atoms with Crippen LogP contribution in [0, 0.1) is 6.42 Å². The SMILES string of the molecule is CCC1=c2c3c(ccc(c3-c3ccc(C(C)(C)C)cc3)p2-c2ccccc2)[CH]1. The van der Waals surface area contributed by atoms with E-state index in [1.165, 1.54) is 43.6 Å². The second-order valence-electron chi connectivity index (χ2n) is 8.79. The first kappa shape index (κ1) is 17.8. The van der Waals surface area contributed by atoms with Gasteiger partial charge in [-0.1, -0.05) is 95.9 Å². The molecule has 139 valence electrons. The summed E-state index contributed by atoms with van der Waals surface area (Å²) in [7, 11) is -0.457. The van der Waals surface area contributed by atoms with Crippen molar-refractivity contribution in [3.63, 3.8) is 0 Å². The van der Waals surface area contributed by atoms with Crippen molar-refractivity contribution in [1.29, 1.82) is 0 Å². The molecule has 1 aromatic heterocycles. The summed E-state index contributed by atoms with van der Waals surface area (Å²) in [6.45, 7) is 9.14. The van der Waals surface area contributed by atoms with E-state index < -0.39 is 7.53 Å². The molecule has 1 radical (unpaired) electrons. The molecule has 0 fully saturated rings. The fourth-order valence-corrected chi connectivity index (χ4v) is 7.42. The van der Waals surface area contributed by atoms with E-state index in [1.54, 1.807) is 4.95 Å². The molecule has 1 heteroatoms. The Bertz CT molecular complexity index is 1220. The summed E-state index contributed by atoms with van der Waals surface area (Å²) in [4.78, 5) is 1.61. The summed E-state index contributed by atoms with van der Waals surface area (Å²) in [5, 5.41) is 4.50. The Hall–Kier alpha value is -2.30. The van der Waals surface area contributed by atoms with Crippen LogP contribution in [-0.2, 0) is 5.41 Å². The van der Waals surface area contributed by atoms with Crippen LogP contribution < -0.4 is 4.95 Å². The molecule has 28 heavy (non-hydrogen) atoms. The summed E-state index contributed by atoms with van der Waals surface area (Å²) < 4.78 is 0. The van der Waals surface area contributed by atoms with Crippen LogP contribution in [0.2, 0.25) is 0 Å². The quantitative estimate of drug-likeness (QED) is 0.342. The van der Waals surface area contributed by atoms with Crippen LogP contribution in [0.3, 0.4) is 0 Å². The van der Waals surface area contributed by atoms with Crippen LogP contribution in [0.1, 0.15) is 45.2 Å². The van der Waals surface area contributed by atoms with Crippen molar-refractivity contribution in [3.8, 4) is 16.4 Å². The third-order valence-corrected chi connectivity index (χ3v) is 8.61. The second-order valence-corrected chi connectivity index (χ2v) is 10.9. The van der Waals surface area contributed by atoms with Gasteiger partial charge in [-0.25, -0.2) is 0 Å². The third kappa shape index (κ3) is 2.59. The van der Waals surface area contributed by atoms with Crippen LogP contribution in [-0.4, -0.2) is 0 Å². The summed E-state index contributed by atoms with van der Waals surface area (Å²) >= 11 is 0. The monoisotopic (exact) mass is 381 g/mol. The van der Waals surface area contributed by atoms with Crippen LogP contribution in [0.15, 0.2) is 66.7 Å². The summed E-state index contributed by atoms with van der Waals surface area (Å²) in [5.41, 5.74) is 7.36. The highest BCUT2D eigenvalue weighted by Gasteiger charge is 2.26. The molecule has 0 aliphatic heterocycles. The highest BCUT2D eigenvalue weighted by atomic mass is 31.1. The lowest BCUT2D eigenvalue weighted by atomic mass is 9.86. The molecule has 1 aliphatic carbocycles. The lowest BCUT2D eigenvalue weighted by Crippen LogP contribution is -2.10. The lowest BCUT2D eigenvalue weighted by Gasteiger charge is -2.19. The molecular formula is C27H26P. The fourth-order valence-electron chi connectivity index (χ4n) is 4.51. The molecule has 0 spiro atoms. The van der Waals surface area contributed by atoms with E-state index in [2.05, 4.69) is 101 Å². The molecule has 1 heterocycles. The van der Waals surface area contributed by atoms with Gasteiger partial charge in [-0.15, -0.1) is 0 Å². The Labute approximate surface area is 169 Å². The summed E-state index contributed by atoms with van der Waals surface area (Å²) in [6, 6.07) is 25.2. The van der Waals surface area contributed by atoms with E-state index in [0.717, 1.165) is 6.42 Å². The van der Waals surface area contributed by atoms with E-state index in [1.807, 2.05) is 0 Å². The topological polar surface area (TPSA) is 0 Å². The van der Waals surface area contributed by atoms with E-state index in [4.69, 9.17) is 0 Å². The van der Waals surface area contributed by atoms with Gasteiger partial charge in [-0.2, -0.15) is 0 Å². The van der Waals surface area contributed by atoms with Gasteiger partial charge in [-0.3, -0.25) is 0 Å². The Morgan fingerprint density at radius 1 is 0.821 bits per heavy atom. The second kappa shape index (κ2) is 6.36. The highest BCUT2D eigenvalue weighted by Crippen LogP contribution is 2.52. The van der Waals surface area contributed by atoms with E-state index in [0.29, 0.717) is 0 Å². The largest absolute Gasteiger partial charge is 0.0772 e. The van der Waals surface area contributed by atoms with Gasteiger partial charge in [0.05, 0.1) is 0 Å². The molecule has 5 rings (SSSR count). The molecule has 3 aromatic carbocycles. The van der Waals surface area contributed by atoms with Gasteiger partial charge in [0.25, 0.3) is 0 Å². The smallest absolute Gasteiger partial charge is 0.0174 e. The van der Waals surface area contributed by atoms with Crippen molar-refractivity contribution in [1.82, 2.24) is 0 Å². The molecule has 2 bridgehead atoms. The zero-order valence-electron chi connectivity index (χ0n) is 17.1. The normalized spacial score (nSPS) is 14.3. The first-order chi connectivity index (χ1) is 13.5. The average Bonchev–Trinajstić information content (AvgIpc) is 3.17. The van der Waals surface area contributed by atoms with Crippen molar-refractivity contribution in [3.05, 3.63) is 89.2 Å². The molecule has 4 aromatic rings. The Balaban J connectivity index is 1.83. The number of hydrogen-bond donors (Lipinski definition) is 0. The average molecular weight is 381 g/mol. The fraction of sp³-hybridized carbons (Fsp3) is 0.222. The maximum absolute atomic E-state index is 2.43. The van der Waals surface area contributed by atoms with Gasteiger partial charge in [0, 0.05) is 22.1 Å². The number of rotatable bonds is 3. The van der Waals surface area contributed by atoms with Gasteiger partial charge >= 0.3 is 0 Å². The van der Waals surface area contributed by atoms with E-state index in [-0.39, 0.29) is 5.41 Å². The maximum atomic E-state index is 2.43. The number of benzene rings is 3. The minimum absolute atomic E-state index is 0.186. The Kier molecular flexibility index (Phi) is 4.04. The Morgan fingerprint density at radius 2 is 1.54 bits per heavy atom. The minimum Gasteiger partial charge on any atom is -0.0772 e. The van der Waals surface area contributed by atoms with Gasteiger partial charge in [0.15, 0.2) is 0 Å². The minimum atomic E-state index is -0.457. The predicted molar refractivity (Wildman–Crippen MR) is 124 cm³/mol. The van der Waals surface area contributed by atoms with Gasteiger partial charge in [-0.05, 0) is 50.9 Å². The molecule has 0 saturated heterocycles. The van der Waals surface area contributed by atoms with Crippen molar-refractivity contribution in [2.45, 2.75) is 39.5 Å². The molecule has 1 aliphatic rings. The summed E-state index contributed by atoms with van der Waals surface area (Å²) in [5.74, 6) is 0. The first-order valence-electron chi connectivity index (χ1n) is 10.2. The highest BCUT2D eigenvalue weighted by molar-refractivity contribution is 7.62. The van der Waals surface area contributed by atoms with E-state index >= 15 is 0 Å². The van der Waals surface area contributed by atoms with Crippen molar-refractivity contribution in [2.24, 2.45) is 0 Å². The summed E-state index contributed by atoms with van der Waals surface area (Å²) in [6.07, 6.45) is 3.53. The first-order valence-corrected chi connectivity index (χ1v) is 11.5. The van der Waals surface area contributed by atoms with Crippen LogP contribution in [0.4, 0.5) is 0 Å². The van der Waals surface area contributed by atoms with Crippen molar-refractivity contribution in [2.75, 3.05) is 0 Å². The predicted octanol–water partition coefficient (Wildman–Crippen LogP) is 7.63. The zero-order chi connectivity index (χ0) is 19.5. The number of hydrogen-bond acceptors (Lipinski definition) is 0. The van der Waals surface area contributed by atoms with Gasteiger partial charge in [0.2, 0.25) is 0 Å². The van der Waals surface area contributed by atoms with E-state index in [9.17, 15) is 0 Å².